The van der Waals surface area contributed by atoms with Gasteiger partial charge in [-0.3, -0.25) is 4.79 Å². The molecule has 1 atom stereocenters. The van der Waals surface area contributed by atoms with Gasteiger partial charge in [0.2, 0.25) is 0 Å². The molecule has 0 spiro atoms. The van der Waals surface area contributed by atoms with E-state index in [0.717, 1.165) is 6.26 Å². The predicted octanol–water partition coefficient (Wildman–Crippen LogP) is 1.56. The van der Waals surface area contributed by atoms with Gasteiger partial charge in [-0.2, -0.15) is 11.8 Å². The number of carbonyl (C=O) groups is 1. The van der Waals surface area contributed by atoms with Gasteiger partial charge >= 0.3 is 0 Å². The number of para-hydroxylation sites is 1. The SMILES string of the molecule is CS(=O)(=O)C1CSCCN1c1c(F)cccc1C=O. The molecule has 1 aliphatic rings. The van der Waals surface area contributed by atoms with Crippen molar-refractivity contribution in [2.45, 2.75) is 5.37 Å². The lowest BCUT2D eigenvalue weighted by atomic mass is 10.1. The van der Waals surface area contributed by atoms with E-state index in [4.69, 9.17) is 0 Å². The summed E-state index contributed by atoms with van der Waals surface area (Å²) in [5.41, 5.74) is 0.272. The van der Waals surface area contributed by atoms with Crippen LogP contribution in [0.4, 0.5) is 10.1 Å². The summed E-state index contributed by atoms with van der Waals surface area (Å²) < 4.78 is 37.6. The van der Waals surface area contributed by atoms with Crippen LogP contribution in [0.2, 0.25) is 0 Å². The van der Waals surface area contributed by atoms with Gasteiger partial charge < -0.3 is 4.90 Å². The molecule has 0 radical (unpaired) electrons. The largest absolute Gasteiger partial charge is 0.350 e. The van der Waals surface area contributed by atoms with E-state index in [2.05, 4.69) is 0 Å². The third-order valence-electron chi connectivity index (χ3n) is 3.01. The van der Waals surface area contributed by atoms with Crippen molar-refractivity contribution in [3.8, 4) is 0 Å². The second-order valence-electron chi connectivity index (χ2n) is 4.35. The van der Waals surface area contributed by atoms with Crippen LogP contribution in [0.3, 0.4) is 0 Å². The molecule has 1 fully saturated rings. The maximum absolute atomic E-state index is 14.0. The van der Waals surface area contributed by atoms with Crippen LogP contribution in [0.15, 0.2) is 18.2 Å². The molecule has 19 heavy (non-hydrogen) atoms. The predicted molar refractivity (Wildman–Crippen MR) is 75.1 cm³/mol. The Morgan fingerprint density at radius 2 is 2.21 bits per heavy atom. The van der Waals surface area contributed by atoms with Crippen molar-refractivity contribution in [2.24, 2.45) is 0 Å². The van der Waals surface area contributed by atoms with Gasteiger partial charge in [0.15, 0.2) is 16.1 Å². The molecule has 0 aliphatic carbocycles. The Morgan fingerprint density at radius 1 is 1.47 bits per heavy atom. The number of hydrogen-bond acceptors (Lipinski definition) is 5. The van der Waals surface area contributed by atoms with Crippen molar-refractivity contribution in [1.82, 2.24) is 0 Å². The van der Waals surface area contributed by atoms with E-state index >= 15 is 0 Å². The standard InChI is InChI=1S/C12H14FNO3S2/c1-19(16,17)11-8-18-6-5-14(11)12-9(7-15)3-2-4-10(12)13/h2-4,7,11H,5-6,8H2,1H3. The van der Waals surface area contributed by atoms with Gasteiger partial charge in [0.05, 0.1) is 5.69 Å². The quantitative estimate of drug-likeness (QED) is 0.793. The first-order chi connectivity index (χ1) is 8.95. The number of sulfone groups is 1. The van der Waals surface area contributed by atoms with Crippen LogP contribution in [0, 0.1) is 5.82 Å². The highest BCUT2D eigenvalue weighted by Crippen LogP contribution is 2.31. The molecule has 2 rings (SSSR count). The number of thioether (sulfide) groups is 1. The second kappa shape index (κ2) is 5.50. The van der Waals surface area contributed by atoms with Gasteiger partial charge in [0.1, 0.15) is 11.2 Å². The first-order valence-corrected chi connectivity index (χ1v) is 8.83. The molecule has 1 aromatic rings. The van der Waals surface area contributed by atoms with Crippen LogP contribution in [0.1, 0.15) is 10.4 Å². The molecule has 1 heterocycles. The Hall–Kier alpha value is -1.08. The fourth-order valence-corrected chi connectivity index (χ4v) is 4.95. The molecule has 1 aliphatic heterocycles. The third-order valence-corrected chi connectivity index (χ3v) is 5.65. The summed E-state index contributed by atoms with van der Waals surface area (Å²) >= 11 is 1.52. The van der Waals surface area contributed by atoms with Crippen molar-refractivity contribution in [3.05, 3.63) is 29.6 Å². The van der Waals surface area contributed by atoms with Gasteiger partial charge in [0.25, 0.3) is 0 Å². The first-order valence-electron chi connectivity index (χ1n) is 5.72. The van der Waals surface area contributed by atoms with Crippen LogP contribution in [0.5, 0.6) is 0 Å². The lowest BCUT2D eigenvalue weighted by Gasteiger charge is -2.36. The van der Waals surface area contributed by atoms with Gasteiger partial charge in [-0.15, -0.1) is 0 Å². The Labute approximate surface area is 115 Å². The maximum Gasteiger partial charge on any atom is 0.169 e. The van der Waals surface area contributed by atoms with Gasteiger partial charge in [-0.1, -0.05) is 6.07 Å². The Kier molecular flexibility index (Phi) is 4.15. The van der Waals surface area contributed by atoms with Crippen molar-refractivity contribution in [2.75, 3.05) is 29.2 Å². The van der Waals surface area contributed by atoms with Crippen LogP contribution in [0.25, 0.3) is 0 Å². The fourth-order valence-electron chi connectivity index (χ4n) is 2.12. The Balaban J connectivity index is 2.52. The zero-order chi connectivity index (χ0) is 14.0. The summed E-state index contributed by atoms with van der Waals surface area (Å²) in [7, 11) is -3.34. The van der Waals surface area contributed by atoms with E-state index in [-0.39, 0.29) is 11.3 Å². The molecular weight excluding hydrogens is 289 g/mol. The zero-order valence-corrected chi connectivity index (χ0v) is 12.0. The van der Waals surface area contributed by atoms with Crippen molar-refractivity contribution >= 4 is 33.6 Å². The summed E-state index contributed by atoms with van der Waals surface area (Å²) in [5, 5.41) is -0.790. The van der Waals surface area contributed by atoms with E-state index in [9.17, 15) is 17.6 Å². The molecule has 0 N–H and O–H groups in total. The number of aldehydes is 1. The summed E-state index contributed by atoms with van der Waals surface area (Å²) in [4.78, 5) is 12.5. The lowest BCUT2D eigenvalue weighted by Crippen LogP contribution is -2.47. The third kappa shape index (κ3) is 2.92. The number of anilines is 1. The Morgan fingerprint density at radius 3 is 2.84 bits per heavy atom. The van der Waals surface area contributed by atoms with Gasteiger partial charge in [0, 0.05) is 29.9 Å². The topological polar surface area (TPSA) is 54.5 Å². The highest BCUT2D eigenvalue weighted by atomic mass is 32.2. The van der Waals surface area contributed by atoms with Crippen molar-refractivity contribution in [1.29, 1.82) is 0 Å². The van der Waals surface area contributed by atoms with Crippen LogP contribution in [-0.2, 0) is 9.84 Å². The van der Waals surface area contributed by atoms with E-state index in [0.29, 0.717) is 24.3 Å². The number of carbonyl (C=O) groups excluding carboxylic acids is 1. The normalized spacial score (nSPS) is 20.3. The minimum Gasteiger partial charge on any atom is -0.350 e. The first kappa shape index (κ1) is 14.3. The van der Waals surface area contributed by atoms with E-state index in [1.807, 2.05) is 0 Å². The summed E-state index contributed by atoms with van der Waals surface area (Å²) in [6, 6.07) is 4.17. The average Bonchev–Trinajstić information content (AvgIpc) is 2.37. The molecule has 1 saturated heterocycles. The Bertz CT molecular complexity index is 589. The molecule has 1 aromatic carbocycles. The molecule has 0 amide bonds. The molecular formula is C12H14FNO3S2. The van der Waals surface area contributed by atoms with E-state index in [1.165, 1.54) is 34.9 Å². The highest BCUT2D eigenvalue weighted by Gasteiger charge is 2.33. The second-order valence-corrected chi connectivity index (χ2v) is 7.70. The van der Waals surface area contributed by atoms with Gasteiger partial charge in [-0.25, -0.2) is 12.8 Å². The van der Waals surface area contributed by atoms with Crippen molar-refractivity contribution in [3.63, 3.8) is 0 Å². The van der Waals surface area contributed by atoms with Crippen LogP contribution in [-0.4, -0.2) is 44.4 Å². The number of benzene rings is 1. The number of rotatable bonds is 3. The minimum atomic E-state index is -3.34. The number of halogens is 1. The molecule has 104 valence electrons. The number of nitrogens with zero attached hydrogens (tertiary/aromatic N) is 1. The molecule has 0 saturated carbocycles. The average molecular weight is 303 g/mol. The van der Waals surface area contributed by atoms with Crippen molar-refractivity contribution < 1.29 is 17.6 Å². The zero-order valence-electron chi connectivity index (χ0n) is 10.4. The highest BCUT2D eigenvalue weighted by molar-refractivity contribution is 8.01. The van der Waals surface area contributed by atoms with E-state index in [1.54, 1.807) is 0 Å². The van der Waals surface area contributed by atoms with Crippen LogP contribution >= 0.6 is 11.8 Å². The molecule has 0 aromatic heterocycles. The summed E-state index contributed by atoms with van der Waals surface area (Å²) in [6.45, 7) is 0.407. The maximum atomic E-state index is 14.0. The smallest absolute Gasteiger partial charge is 0.169 e. The molecule has 4 nitrogen and oxygen atoms in total. The lowest BCUT2D eigenvalue weighted by molar-refractivity contribution is 0.112. The summed E-state index contributed by atoms with van der Waals surface area (Å²) in [6.07, 6.45) is 1.69. The van der Waals surface area contributed by atoms with E-state index < -0.39 is 21.0 Å². The molecule has 0 bridgehead atoms. The molecule has 7 heteroatoms. The minimum absolute atomic E-state index is 0.0909. The fraction of sp³-hybridized carbons (Fsp3) is 0.417. The van der Waals surface area contributed by atoms with Gasteiger partial charge in [-0.05, 0) is 12.1 Å². The number of hydrogen-bond donors (Lipinski definition) is 0. The van der Waals surface area contributed by atoms with Crippen LogP contribution < -0.4 is 4.90 Å². The summed E-state index contributed by atoms with van der Waals surface area (Å²) in [5.74, 6) is 0.523. The molecule has 1 unspecified atom stereocenters. The monoisotopic (exact) mass is 303 g/mol.